The molecule has 0 aromatic heterocycles. The van der Waals surface area contributed by atoms with Gasteiger partial charge >= 0.3 is 0 Å². The molecule has 2 aromatic carbocycles. The molecule has 0 N–H and O–H groups in total. The Morgan fingerprint density at radius 2 is 2.11 bits per heavy atom. The Balaban J connectivity index is 1.63. The largest absolute Gasteiger partial charge is 0.492 e. The number of hydrogen-bond acceptors (Lipinski definition) is 2. The number of thioether (sulfide) groups is 1. The zero-order valence-corrected chi connectivity index (χ0v) is 13.1. The lowest BCUT2D eigenvalue weighted by Gasteiger charge is -2.13. The minimum atomic E-state index is 0.528. The summed E-state index contributed by atoms with van der Waals surface area (Å²) in [6.45, 7) is 2.85. The second kappa shape index (κ2) is 5.59. The first-order valence-corrected chi connectivity index (χ1v) is 8.03. The van der Waals surface area contributed by atoms with Crippen LogP contribution in [0.1, 0.15) is 11.1 Å². The Hall–Kier alpha value is -0.930. The molecule has 0 radical (unpaired) electrons. The van der Waals surface area contributed by atoms with Gasteiger partial charge in [-0.05, 0) is 48.7 Å². The van der Waals surface area contributed by atoms with Gasteiger partial charge in [-0.2, -0.15) is 0 Å². The first kappa shape index (κ1) is 13.1. The minimum Gasteiger partial charge on any atom is -0.492 e. The van der Waals surface area contributed by atoms with Crippen LogP contribution in [0.25, 0.3) is 0 Å². The first-order chi connectivity index (χ1) is 9.22. The summed E-state index contributed by atoms with van der Waals surface area (Å²) >= 11 is 5.40. The van der Waals surface area contributed by atoms with Gasteiger partial charge in [0, 0.05) is 14.6 Å². The molecule has 0 bridgehead atoms. The topological polar surface area (TPSA) is 9.23 Å². The highest BCUT2D eigenvalue weighted by molar-refractivity contribution is 9.10. The van der Waals surface area contributed by atoms with E-state index < -0.39 is 0 Å². The molecule has 1 nitrogen and oxygen atoms in total. The standard InChI is InChI=1S/C16H15BrOS/c1-11-8-13(17)6-7-15(11)18-10-14-9-12-4-2-3-5-16(12)19-14/h2-8,14H,9-10H2,1H3. The lowest BCUT2D eigenvalue weighted by Crippen LogP contribution is -2.13. The molecule has 1 aliphatic heterocycles. The average molecular weight is 335 g/mol. The van der Waals surface area contributed by atoms with E-state index in [1.165, 1.54) is 16.0 Å². The highest BCUT2D eigenvalue weighted by Gasteiger charge is 2.22. The molecule has 98 valence electrons. The number of fused-ring (bicyclic) bond motifs is 1. The third-order valence-electron chi connectivity index (χ3n) is 3.28. The van der Waals surface area contributed by atoms with E-state index in [0.717, 1.165) is 23.2 Å². The monoisotopic (exact) mass is 334 g/mol. The van der Waals surface area contributed by atoms with Crippen molar-refractivity contribution in [3.63, 3.8) is 0 Å². The van der Waals surface area contributed by atoms with Crippen molar-refractivity contribution in [2.45, 2.75) is 23.5 Å². The Kier molecular flexibility index (Phi) is 3.85. The summed E-state index contributed by atoms with van der Waals surface area (Å²) < 4.78 is 7.06. The number of halogens is 1. The molecule has 3 rings (SSSR count). The summed E-state index contributed by atoms with van der Waals surface area (Å²) in [7, 11) is 0. The SMILES string of the molecule is Cc1cc(Br)ccc1OCC1Cc2ccccc2S1. The lowest BCUT2D eigenvalue weighted by molar-refractivity contribution is 0.315. The number of ether oxygens (including phenoxy) is 1. The maximum atomic E-state index is 5.97. The van der Waals surface area contributed by atoms with Crippen LogP contribution in [0.4, 0.5) is 0 Å². The molecule has 1 unspecified atom stereocenters. The highest BCUT2D eigenvalue weighted by Crippen LogP contribution is 2.37. The van der Waals surface area contributed by atoms with Crippen LogP contribution in [0.5, 0.6) is 5.75 Å². The van der Waals surface area contributed by atoms with Gasteiger partial charge in [-0.1, -0.05) is 34.1 Å². The zero-order valence-electron chi connectivity index (χ0n) is 10.7. The first-order valence-electron chi connectivity index (χ1n) is 6.36. The summed E-state index contributed by atoms with van der Waals surface area (Å²) in [5.41, 5.74) is 2.63. The van der Waals surface area contributed by atoms with Crippen molar-refractivity contribution in [2.24, 2.45) is 0 Å². The Bertz CT molecular complexity index is 572. The van der Waals surface area contributed by atoms with E-state index in [0.29, 0.717) is 5.25 Å². The molecular weight excluding hydrogens is 320 g/mol. The maximum Gasteiger partial charge on any atom is 0.122 e. The van der Waals surface area contributed by atoms with Crippen molar-refractivity contribution in [2.75, 3.05) is 6.61 Å². The fraction of sp³-hybridized carbons (Fsp3) is 0.250. The Labute approximate surface area is 126 Å². The van der Waals surface area contributed by atoms with E-state index in [2.05, 4.69) is 53.2 Å². The summed E-state index contributed by atoms with van der Waals surface area (Å²) in [5, 5.41) is 0.528. The van der Waals surface area contributed by atoms with Gasteiger partial charge in [0.15, 0.2) is 0 Å². The molecule has 1 atom stereocenters. The van der Waals surface area contributed by atoms with E-state index in [1.54, 1.807) is 0 Å². The van der Waals surface area contributed by atoms with Gasteiger partial charge in [-0.15, -0.1) is 11.8 Å². The summed E-state index contributed by atoms with van der Waals surface area (Å²) in [4.78, 5) is 1.41. The van der Waals surface area contributed by atoms with Gasteiger partial charge in [0.25, 0.3) is 0 Å². The zero-order chi connectivity index (χ0) is 13.2. The van der Waals surface area contributed by atoms with Crippen molar-refractivity contribution in [1.82, 2.24) is 0 Å². The highest BCUT2D eigenvalue weighted by atomic mass is 79.9. The normalized spacial score (nSPS) is 17.3. The molecule has 0 saturated carbocycles. The van der Waals surface area contributed by atoms with Crippen molar-refractivity contribution in [1.29, 1.82) is 0 Å². The Morgan fingerprint density at radius 1 is 1.26 bits per heavy atom. The van der Waals surface area contributed by atoms with Gasteiger partial charge in [0.05, 0.1) is 0 Å². The van der Waals surface area contributed by atoms with E-state index in [-0.39, 0.29) is 0 Å². The number of rotatable bonds is 3. The fourth-order valence-corrected chi connectivity index (χ4v) is 4.00. The van der Waals surface area contributed by atoms with E-state index in [4.69, 9.17) is 4.74 Å². The lowest BCUT2D eigenvalue weighted by atomic mass is 10.1. The molecule has 0 fully saturated rings. The van der Waals surface area contributed by atoms with Crippen LogP contribution in [0.2, 0.25) is 0 Å². The van der Waals surface area contributed by atoms with Crippen LogP contribution in [-0.2, 0) is 6.42 Å². The van der Waals surface area contributed by atoms with Crippen LogP contribution < -0.4 is 4.74 Å². The molecule has 2 aromatic rings. The van der Waals surface area contributed by atoms with Crippen LogP contribution in [0, 0.1) is 6.92 Å². The number of aryl methyl sites for hydroxylation is 1. The van der Waals surface area contributed by atoms with Gasteiger partial charge in [-0.3, -0.25) is 0 Å². The number of hydrogen-bond donors (Lipinski definition) is 0. The molecule has 1 aliphatic rings. The van der Waals surface area contributed by atoms with Crippen LogP contribution in [-0.4, -0.2) is 11.9 Å². The molecule has 0 aliphatic carbocycles. The van der Waals surface area contributed by atoms with Crippen LogP contribution in [0.3, 0.4) is 0 Å². The molecule has 19 heavy (non-hydrogen) atoms. The predicted octanol–water partition coefficient (Wildman–Crippen LogP) is 4.85. The summed E-state index contributed by atoms with van der Waals surface area (Å²) in [6, 6.07) is 14.8. The van der Waals surface area contributed by atoms with Crippen molar-refractivity contribution < 1.29 is 4.74 Å². The van der Waals surface area contributed by atoms with Crippen LogP contribution in [0.15, 0.2) is 51.8 Å². The van der Waals surface area contributed by atoms with Gasteiger partial charge in [0.2, 0.25) is 0 Å². The second-order valence-electron chi connectivity index (χ2n) is 4.77. The van der Waals surface area contributed by atoms with Crippen molar-refractivity contribution in [3.8, 4) is 5.75 Å². The predicted molar refractivity (Wildman–Crippen MR) is 84.2 cm³/mol. The third kappa shape index (κ3) is 2.98. The molecule has 3 heteroatoms. The minimum absolute atomic E-state index is 0.528. The Morgan fingerprint density at radius 3 is 2.89 bits per heavy atom. The summed E-state index contributed by atoms with van der Waals surface area (Å²) in [6.07, 6.45) is 1.11. The van der Waals surface area contributed by atoms with Crippen molar-refractivity contribution in [3.05, 3.63) is 58.1 Å². The number of benzene rings is 2. The molecule has 0 saturated heterocycles. The maximum absolute atomic E-state index is 5.97. The average Bonchev–Trinajstić information content (AvgIpc) is 2.80. The van der Waals surface area contributed by atoms with Crippen molar-refractivity contribution >= 4 is 27.7 Å². The second-order valence-corrected chi connectivity index (χ2v) is 7.03. The smallest absolute Gasteiger partial charge is 0.122 e. The van der Waals surface area contributed by atoms with Gasteiger partial charge < -0.3 is 4.74 Å². The van der Waals surface area contributed by atoms with Gasteiger partial charge in [-0.25, -0.2) is 0 Å². The third-order valence-corrected chi connectivity index (χ3v) is 5.06. The quantitative estimate of drug-likeness (QED) is 0.793. The molecule has 0 spiro atoms. The summed E-state index contributed by atoms with van der Waals surface area (Å²) in [5.74, 6) is 0.986. The van der Waals surface area contributed by atoms with E-state index in [1.807, 2.05) is 23.9 Å². The molecule has 0 amide bonds. The fourth-order valence-electron chi connectivity index (χ4n) is 2.30. The molecular formula is C16H15BrOS. The molecule has 1 heterocycles. The van der Waals surface area contributed by atoms with E-state index >= 15 is 0 Å². The van der Waals surface area contributed by atoms with Crippen LogP contribution >= 0.6 is 27.7 Å². The van der Waals surface area contributed by atoms with E-state index in [9.17, 15) is 0 Å². The van der Waals surface area contributed by atoms with Gasteiger partial charge in [0.1, 0.15) is 12.4 Å².